The first kappa shape index (κ1) is 18.6. The molecule has 0 atom stereocenters. The number of benzene rings is 3. The molecule has 0 amide bonds. The third kappa shape index (κ3) is 4.32. The van der Waals surface area contributed by atoms with Crippen LogP contribution in [0.2, 0.25) is 0 Å². The third-order valence-electron chi connectivity index (χ3n) is 4.50. The summed E-state index contributed by atoms with van der Waals surface area (Å²) in [5, 5.41) is 19.9. The average Bonchev–Trinajstić information content (AvgIpc) is 2.72. The summed E-state index contributed by atoms with van der Waals surface area (Å²) in [6.07, 6.45) is 2.26. The molecule has 0 unspecified atom stereocenters. The summed E-state index contributed by atoms with van der Waals surface area (Å²) < 4.78 is 0. The Hall–Kier alpha value is -3.19. The number of nitrogens with zero attached hydrogens (tertiary/aromatic N) is 4. The van der Waals surface area contributed by atoms with Crippen LogP contribution in [0.25, 0.3) is 10.8 Å². The number of rotatable bonds is 7. The minimum Gasteiger partial charge on any atom is -0.372 e. The fraction of sp³-hybridized carbons (Fsp3) is 0.261. The Kier molecular flexibility index (Phi) is 6.17. The van der Waals surface area contributed by atoms with Gasteiger partial charge in [-0.25, -0.2) is 0 Å². The largest absolute Gasteiger partial charge is 0.372 e. The van der Waals surface area contributed by atoms with E-state index in [0.717, 1.165) is 48.1 Å². The number of nitriles is 1. The van der Waals surface area contributed by atoms with Gasteiger partial charge in [0.25, 0.3) is 0 Å². The Bertz CT molecular complexity index is 962. The van der Waals surface area contributed by atoms with E-state index in [1.165, 1.54) is 5.69 Å². The summed E-state index contributed by atoms with van der Waals surface area (Å²) in [6.45, 7) is 6.53. The van der Waals surface area contributed by atoms with Crippen LogP contribution in [0.5, 0.6) is 0 Å². The Morgan fingerprint density at radius 2 is 1.48 bits per heavy atom. The zero-order valence-electron chi connectivity index (χ0n) is 15.9. The molecule has 0 N–H and O–H groups in total. The second-order valence-corrected chi connectivity index (χ2v) is 6.49. The van der Waals surface area contributed by atoms with Crippen molar-refractivity contribution in [2.45, 2.75) is 26.7 Å². The van der Waals surface area contributed by atoms with Crippen LogP contribution in [-0.4, -0.2) is 13.1 Å². The molecular weight excluding hydrogens is 332 g/mol. The van der Waals surface area contributed by atoms with Gasteiger partial charge in [0.05, 0.1) is 23.0 Å². The van der Waals surface area contributed by atoms with Crippen molar-refractivity contribution in [1.82, 2.24) is 0 Å². The molecule has 136 valence electrons. The summed E-state index contributed by atoms with van der Waals surface area (Å²) >= 11 is 0. The fourth-order valence-electron chi connectivity index (χ4n) is 3.22. The first-order valence-corrected chi connectivity index (χ1v) is 9.45. The van der Waals surface area contributed by atoms with E-state index in [1.807, 2.05) is 42.5 Å². The van der Waals surface area contributed by atoms with Crippen molar-refractivity contribution in [3.8, 4) is 6.07 Å². The first-order chi connectivity index (χ1) is 13.3. The normalized spacial score (nSPS) is 11.0. The standard InChI is InChI=1S/C23H24N4/c1-3-15-27(16-4-2)20-12-10-19(11-13-20)25-26-23-14-9-18(17-24)21-7-5-6-8-22(21)23/h5-14H,3-4,15-16H2,1-2H3. The molecule has 3 aromatic carbocycles. The lowest BCUT2D eigenvalue weighted by molar-refractivity contribution is 0.745. The van der Waals surface area contributed by atoms with Gasteiger partial charge in [-0.3, -0.25) is 0 Å². The van der Waals surface area contributed by atoms with Crippen LogP contribution in [0.1, 0.15) is 32.3 Å². The lowest BCUT2D eigenvalue weighted by Crippen LogP contribution is -2.24. The smallest absolute Gasteiger partial charge is 0.0998 e. The predicted octanol–water partition coefficient (Wildman–Crippen LogP) is 6.75. The van der Waals surface area contributed by atoms with Crippen LogP contribution in [0.3, 0.4) is 0 Å². The molecule has 27 heavy (non-hydrogen) atoms. The summed E-state index contributed by atoms with van der Waals surface area (Å²) in [6, 6.07) is 21.9. The summed E-state index contributed by atoms with van der Waals surface area (Å²) in [4.78, 5) is 2.40. The quantitative estimate of drug-likeness (QED) is 0.439. The van der Waals surface area contributed by atoms with E-state index >= 15 is 0 Å². The minimum absolute atomic E-state index is 0.654. The molecule has 4 heteroatoms. The van der Waals surface area contributed by atoms with Gasteiger partial charge in [0, 0.05) is 29.5 Å². The molecular formula is C23H24N4. The molecule has 4 nitrogen and oxygen atoms in total. The summed E-state index contributed by atoms with van der Waals surface area (Å²) in [7, 11) is 0. The SMILES string of the molecule is CCCN(CCC)c1ccc(N=Nc2ccc(C#N)c3ccccc23)cc1. The number of anilines is 1. The molecule has 0 radical (unpaired) electrons. The maximum absolute atomic E-state index is 9.27. The summed E-state index contributed by atoms with van der Waals surface area (Å²) in [5.74, 6) is 0. The molecule has 0 aliphatic carbocycles. The van der Waals surface area contributed by atoms with E-state index in [2.05, 4.69) is 47.2 Å². The van der Waals surface area contributed by atoms with Crippen LogP contribution in [0, 0.1) is 11.3 Å². The fourth-order valence-corrected chi connectivity index (χ4v) is 3.22. The maximum Gasteiger partial charge on any atom is 0.0998 e. The monoisotopic (exact) mass is 356 g/mol. The van der Waals surface area contributed by atoms with Gasteiger partial charge in [-0.05, 0) is 49.2 Å². The Morgan fingerprint density at radius 1 is 0.815 bits per heavy atom. The minimum atomic E-state index is 0.654. The van der Waals surface area contributed by atoms with E-state index in [4.69, 9.17) is 0 Å². The highest BCUT2D eigenvalue weighted by atomic mass is 15.1. The van der Waals surface area contributed by atoms with Gasteiger partial charge in [0.1, 0.15) is 0 Å². The van der Waals surface area contributed by atoms with Crippen LogP contribution in [0.15, 0.2) is 70.9 Å². The first-order valence-electron chi connectivity index (χ1n) is 9.45. The van der Waals surface area contributed by atoms with Crippen molar-refractivity contribution >= 4 is 27.8 Å². The van der Waals surface area contributed by atoms with E-state index in [1.54, 1.807) is 6.07 Å². The molecule has 0 spiro atoms. The van der Waals surface area contributed by atoms with E-state index < -0.39 is 0 Å². The van der Waals surface area contributed by atoms with Gasteiger partial charge in [-0.1, -0.05) is 38.1 Å². The molecule has 0 aliphatic heterocycles. The zero-order valence-corrected chi connectivity index (χ0v) is 15.9. The van der Waals surface area contributed by atoms with Crippen molar-refractivity contribution in [2.24, 2.45) is 10.2 Å². The molecule has 0 saturated heterocycles. The van der Waals surface area contributed by atoms with Gasteiger partial charge in [0.15, 0.2) is 0 Å². The molecule has 3 rings (SSSR count). The Labute approximate surface area is 160 Å². The molecule has 0 heterocycles. The van der Waals surface area contributed by atoms with Crippen LogP contribution < -0.4 is 4.90 Å². The molecule has 0 aliphatic rings. The molecule has 3 aromatic rings. The van der Waals surface area contributed by atoms with Crippen molar-refractivity contribution in [1.29, 1.82) is 5.26 Å². The van der Waals surface area contributed by atoms with Crippen LogP contribution in [-0.2, 0) is 0 Å². The van der Waals surface area contributed by atoms with Gasteiger partial charge in [-0.15, -0.1) is 5.11 Å². The van der Waals surface area contributed by atoms with Crippen LogP contribution >= 0.6 is 0 Å². The predicted molar refractivity (Wildman–Crippen MR) is 112 cm³/mol. The number of hydrogen-bond acceptors (Lipinski definition) is 4. The molecule has 0 saturated carbocycles. The van der Waals surface area contributed by atoms with Gasteiger partial charge in [-0.2, -0.15) is 10.4 Å². The molecule has 0 bridgehead atoms. The van der Waals surface area contributed by atoms with E-state index in [0.29, 0.717) is 5.56 Å². The highest BCUT2D eigenvalue weighted by molar-refractivity contribution is 5.96. The highest BCUT2D eigenvalue weighted by Crippen LogP contribution is 2.30. The topological polar surface area (TPSA) is 51.8 Å². The van der Waals surface area contributed by atoms with Crippen molar-refractivity contribution in [2.75, 3.05) is 18.0 Å². The van der Waals surface area contributed by atoms with Crippen molar-refractivity contribution in [3.05, 3.63) is 66.2 Å². The lowest BCUT2D eigenvalue weighted by atomic mass is 10.0. The Morgan fingerprint density at radius 3 is 2.11 bits per heavy atom. The maximum atomic E-state index is 9.27. The number of azo groups is 1. The van der Waals surface area contributed by atoms with Crippen LogP contribution in [0.4, 0.5) is 17.1 Å². The van der Waals surface area contributed by atoms with Crippen molar-refractivity contribution in [3.63, 3.8) is 0 Å². The second kappa shape index (κ2) is 8.95. The summed E-state index contributed by atoms with van der Waals surface area (Å²) in [5.41, 5.74) is 3.47. The highest BCUT2D eigenvalue weighted by Gasteiger charge is 2.06. The second-order valence-electron chi connectivity index (χ2n) is 6.49. The van der Waals surface area contributed by atoms with Gasteiger partial charge < -0.3 is 4.90 Å². The molecule has 0 fully saturated rings. The number of fused-ring (bicyclic) bond motifs is 1. The number of hydrogen-bond donors (Lipinski definition) is 0. The Balaban J connectivity index is 1.85. The van der Waals surface area contributed by atoms with Gasteiger partial charge >= 0.3 is 0 Å². The lowest BCUT2D eigenvalue weighted by Gasteiger charge is -2.23. The van der Waals surface area contributed by atoms with E-state index in [9.17, 15) is 5.26 Å². The average molecular weight is 356 g/mol. The van der Waals surface area contributed by atoms with Gasteiger partial charge in [0.2, 0.25) is 0 Å². The zero-order chi connectivity index (χ0) is 19.1. The molecule has 0 aromatic heterocycles. The third-order valence-corrected chi connectivity index (χ3v) is 4.50. The van der Waals surface area contributed by atoms with E-state index in [-0.39, 0.29) is 0 Å². The van der Waals surface area contributed by atoms with Crippen molar-refractivity contribution < 1.29 is 0 Å².